The van der Waals surface area contributed by atoms with Crippen molar-refractivity contribution in [3.8, 4) is 0 Å². The largest absolute Gasteiger partial charge is 0.354 e. The number of benzene rings is 1. The molecule has 0 aliphatic carbocycles. The standard InChI is InChI=1S/C19H26N4O/c1-5-23(13-16-9-7-6-8-10-16)18(24)17-11-15(4)21-19(22-17)20-12-14(2)3/h6-11,14H,5,12-13H2,1-4H3,(H,20,21,22). The fourth-order valence-corrected chi connectivity index (χ4v) is 2.35. The molecule has 24 heavy (non-hydrogen) atoms. The number of rotatable bonds is 7. The SMILES string of the molecule is CCN(Cc1ccccc1)C(=O)c1cc(C)nc(NCC(C)C)n1. The zero-order chi connectivity index (χ0) is 17.5. The van der Waals surface area contributed by atoms with Crippen molar-refractivity contribution in [3.63, 3.8) is 0 Å². The van der Waals surface area contributed by atoms with Gasteiger partial charge in [0.15, 0.2) is 0 Å². The zero-order valence-corrected chi connectivity index (χ0v) is 14.9. The molecule has 0 aliphatic heterocycles. The van der Waals surface area contributed by atoms with Crippen LogP contribution in [-0.2, 0) is 6.54 Å². The van der Waals surface area contributed by atoms with Gasteiger partial charge in [-0.25, -0.2) is 9.97 Å². The van der Waals surface area contributed by atoms with E-state index in [4.69, 9.17) is 0 Å². The molecular formula is C19H26N4O. The molecule has 0 unspecified atom stereocenters. The van der Waals surface area contributed by atoms with Crippen molar-refractivity contribution in [3.05, 3.63) is 53.3 Å². The Balaban J connectivity index is 2.17. The molecule has 0 radical (unpaired) electrons. The molecule has 128 valence electrons. The van der Waals surface area contributed by atoms with Crippen molar-refractivity contribution in [1.82, 2.24) is 14.9 Å². The highest BCUT2D eigenvalue weighted by molar-refractivity contribution is 5.92. The van der Waals surface area contributed by atoms with Crippen LogP contribution in [0, 0.1) is 12.8 Å². The lowest BCUT2D eigenvalue weighted by Crippen LogP contribution is -2.31. The smallest absolute Gasteiger partial charge is 0.272 e. The number of hydrogen-bond donors (Lipinski definition) is 1. The summed E-state index contributed by atoms with van der Waals surface area (Å²) >= 11 is 0. The molecule has 2 aromatic rings. The van der Waals surface area contributed by atoms with Crippen LogP contribution in [0.3, 0.4) is 0 Å². The van der Waals surface area contributed by atoms with Gasteiger partial charge in [0.05, 0.1) is 0 Å². The second-order valence-electron chi connectivity index (χ2n) is 6.30. The van der Waals surface area contributed by atoms with Gasteiger partial charge in [-0.1, -0.05) is 44.2 Å². The molecule has 1 aromatic heterocycles. The van der Waals surface area contributed by atoms with E-state index in [1.165, 1.54) is 0 Å². The quantitative estimate of drug-likeness (QED) is 0.846. The maximum Gasteiger partial charge on any atom is 0.272 e. The molecule has 1 amide bonds. The van der Waals surface area contributed by atoms with Gasteiger partial charge in [-0.15, -0.1) is 0 Å². The average molecular weight is 326 g/mol. The minimum Gasteiger partial charge on any atom is -0.354 e. The maximum absolute atomic E-state index is 12.8. The average Bonchev–Trinajstić information content (AvgIpc) is 2.57. The third-order valence-corrected chi connectivity index (χ3v) is 3.63. The highest BCUT2D eigenvalue weighted by Gasteiger charge is 2.17. The Morgan fingerprint density at radius 3 is 2.54 bits per heavy atom. The molecule has 0 saturated carbocycles. The van der Waals surface area contributed by atoms with Crippen LogP contribution in [0.4, 0.5) is 5.95 Å². The molecule has 0 aliphatic rings. The van der Waals surface area contributed by atoms with Crippen molar-refractivity contribution in [2.45, 2.75) is 34.2 Å². The second-order valence-corrected chi connectivity index (χ2v) is 6.30. The van der Waals surface area contributed by atoms with Crippen molar-refractivity contribution < 1.29 is 4.79 Å². The van der Waals surface area contributed by atoms with E-state index in [9.17, 15) is 4.79 Å². The predicted octanol–water partition coefficient (Wildman–Crippen LogP) is 3.52. The van der Waals surface area contributed by atoms with Crippen LogP contribution in [0.25, 0.3) is 0 Å². The number of aryl methyl sites for hydroxylation is 1. The molecule has 1 heterocycles. The van der Waals surface area contributed by atoms with Crippen LogP contribution in [0.15, 0.2) is 36.4 Å². The first-order valence-corrected chi connectivity index (χ1v) is 8.42. The number of nitrogens with zero attached hydrogens (tertiary/aromatic N) is 3. The highest BCUT2D eigenvalue weighted by Crippen LogP contribution is 2.12. The van der Waals surface area contributed by atoms with E-state index < -0.39 is 0 Å². The summed E-state index contributed by atoms with van der Waals surface area (Å²) in [6.45, 7) is 10.1. The first-order valence-electron chi connectivity index (χ1n) is 8.42. The molecule has 1 aromatic carbocycles. The Bertz CT molecular complexity index is 670. The van der Waals surface area contributed by atoms with Gasteiger partial charge < -0.3 is 10.2 Å². The lowest BCUT2D eigenvalue weighted by atomic mass is 10.2. The Morgan fingerprint density at radius 2 is 1.92 bits per heavy atom. The van der Waals surface area contributed by atoms with Gasteiger partial charge >= 0.3 is 0 Å². The van der Waals surface area contributed by atoms with Gasteiger partial charge in [0.25, 0.3) is 5.91 Å². The first kappa shape index (κ1) is 17.9. The molecule has 0 bridgehead atoms. The Hall–Kier alpha value is -2.43. The van der Waals surface area contributed by atoms with E-state index in [0.29, 0.717) is 30.6 Å². The molecular weight excluding hydrogens is 300 g/mol. The van der Waals surface area contributed by atoms with Crippen LogP contribution in [-0.4, -0.2) is 33.9 Å². The summed E-state index contributed by atoms with van der Waals surface area (Å²) in [5.74, 6) is 0.931. The molecule has 1 N–H and O–H groups in total. The lowest BCUT2D eigenvalue weighted by molar-refractivity contribution is 0.0746. The summed E-state index contributed by atoms with van der Waals surface area (Å²) < 4.78 is 0. The molecule has 0 atom stereocenters. The van der Waals surface area contributed by atoms with Gasteiger partial charge in [-0.05, 0) is 31.4 Å². The summed E-state index contributed by atoms with van der Waals surface area (Å²) in [7, 11) is 0. The number of anilines is 1. The fraction of sp³-hybridized carbons (Fsp3) is 0.421. The lowest BCUT2D eigenvalue weighted by Gasteiger charge is -2.21. The molecule has 0 saturated heterocycles. The molecule has 2 rings (SSSR count). The fourth-order valence-electron chi connectivity index (χ4n) is 2.35. The maximum atomic E-state index is 12.8. The minimum atomic E-state index is -0.0700. The topological polar surface area (TPSA) is 58.1 Å². The number of hydrogen-bond acceptors (Lipinski definition) is 4. The van der Waals surface area contributed by atoms with Crippen LogP contribution in [0.5, 0.6) is 0 Å². The van der Waals surface area contributed by atoms with Crippen molar-refractivity contribution in [2.75, 3.05) is 18.4 Å². The van der Waals surface area contributed by atoms with E-state index in [0.717, 1.165) is 17.8 Å². The normalized spacial score (nSPS) is 10.7. The van der Waals surface area contributed by atoms with E-state index >= 15 is 0 Å². The third kappa shape index (κ3) is 5.05. The number of aromatic nitrogens is 2. The van der Waals surface area contributed by atoms with Crippen molar-refractivity contribution in [2.24, 2.45) is 5.92 Å². The first-order chi connectivity index (χ1) is 11.5. The van der Waals surface area contributed by atoms with Gasteiger partial charge in [0, 0.05) is 25.3 Å². The molecule has 0 spiro atoms. The van der Waals surface area contributed by atoms with E-state index in [1.807, 2.05) is 44.2 Å². The van der Waals surface area contributed by atoms with Crippen LogP contribution < -0.4 is 5.32 Å². The molecule has 0 fully saturated rings. The predicted molar refractivity (Wildman–Crippen MR) is 97.0 cm³/mol. The molecule has 5 heteroatoms. The third-order valence-electron chi connectivity index (χ3n) is 3.63. The summed E-state index contributed by atoms with van der Waals surface area (Å²) in [4.78, 5) is 23.4. The Labute approximate surface area is 144 Å². The van der Waals surface area contributed by atoms with Crippen molar-refractivity contribution >= 4 is 11.9 Å². The Morgan fingerprint density at radius 1 is 1.21 bits per heavy atom. The number of carbonyl (C=O) groups is 1. The number of nitrogens with one attached hydrogen (secondary N) is 1. The summed E-state index contributed by atoms with van der Waals surface area (Å²) in [5.41, 5.74) is 2.33. The van der Waals surface area contributed by atoms with E-state index in [-0.39, 0.29) is 5.91 Å². The second kappa shape index (κ2) is 8.43. The van der Waals surface area contributed by atoms with Crippen LogP contribution in [0.2, 0.25) is 0 Å². The number of carbonyl (C=O) groups excluding carboxylic acids is 1. The van der Waals surface area contributed by atoms with Crippen LogP contribution >= 0.6 is 0 Å². The van der Waals surface area contributed by atoms with E-state index in [2.05, 4.69) is 29.1 Å². The zero-order valence-electron chi connectivity index (χ0n) is 14.9. The highest BCUT2D eigenvalue weighted by atomic mass is 16.2. The Kier molecular flexibility index (Phi) is 6.29. The van der Waals surface area contributed by atoms with Gasteiger partial charge in [0.2, 0.25) is 5.95 Å². The number of amides is 1. The summed E-state index contributed by atoms with van der Waals surface area (Å²) in [6, 6.07) is 11.7. The monoisotopic (exact) mass is 326 g/mol. The van der Waals surface area contributed by atoms with E-state index in [1.54, 1.807) is 11.0 Å². The van der Waals surface area contributed by atoms with Gasteiger partial charge in [-0.3, -0.25) is 4.79 Å². The van der Waals surface area contributed by atoms with Gasteiger partial charge in [0.1, 0.15) is 5.69 Å². The molecule has 5 nitrogen and oxygen atoms in total. The van der Waals surface area contributed by atoms with Crippen molar-refractivity contribution in [1.29, 1.82) is 0 Å². The van der Waals surface area contributed by atoms with Crippen LogP contribution in [0.1, 0.15) is 42.5 Å². The summed E-state index contributed by atoms with van der Waals surface area (Å²) in [5, 5.41) is 3.19. The minimum absolute atomic E-state index is 0.0700. The summed E-state index contributed by atoms with van der Waals surface area (Å²) in [6.07, 6.45) is 0. The van der Waals surface area contributed by atoms with Gasteiger partial charge in [-0.2, -0.15) is 0 Å².